The first-order valence-corrected chi connectivity index (χ1v) is 6.10. The van der Waals surface area contributed by atoms with Crippen LogP contribution in [0.5, 0.6) is 0 Å². The second kappa shape index (κ2) is 6.44. The zero-order valence-electron chi connectivity index (χ0n) is 11.0. The Morgan fingerprint density at radius 3 is 1.86 bits per heavy atom. The minimum absolute atomic E-state index is 0.444. The molecule has 0 saturated heterocycles. The fraction of sp³-hybridized carbons (Fsp3) is 1.00. The molecule has 0 spiro atoms. The second-order valence-electron chi connectivity index (χ2n) is 5.67. The van der Waals surface area contributed by atoms with Crippen LogP contribution in [-0.4, -0.2) is 13.1 Å². The van der Waals surface area contributed by atoms with Gasteiger partial charge in [0, 0.05) is 6.04 Å². The van der Waals surface area contributed by atoms with E-state index in [0.29, 0.717) is 11.5 Å². The highest BCUT2D eigenvalue weighted by Crippen LogP contribution is 2.25. The zero-order valence-corrected chi connectivity index (χ0v) is 11.0. The quantitative estimate of drug-likeness (QED) is 0.685. The van der Waals surface area contributed by atoms with E-state index < -0.39 is 0 Å². The lowest BCUT2D eigenvalue weighted by atomic mass is 9.83. The summed E-state index contributed by atoms with van der Waals surface area (Å²) in [4.78, 5) is 0. The summed E-state index contributed by atoms with van der Waals surface area (Å²) in [6, 6.07) is 0.694. The van der Waals surface area contributed by atoms with Crippen LogP contribution in [0.1, 0.15) is 60.3 Å². The van der Waals surface area contributed by atoms with Gasteiger partial charge in [0.2, 0.25) is 0 Å². The zero-order chi connectivity index (χ0) is 11.2. The first kappa shape index (κ1) is 14.0. The van der Waals surface area contributed by atoms with Gasteiger partial charge in [-0.15, -0.1) is 0 Å². The smallest absolute Gasteiger partial charge is 0.00716 e. The van der Waals surface area contributed by atoms with Crippen LogP contribution in [0.25, 0.3) is 0 Å². The summed E-state index contributed by atoms with van der Waals surface area (Å²) in [6.45, 7) is 11.6. The molecule has 0 rings (SSSR count). The molecule has 0 aliphatic rings. The van der Waals surface area contributed by atoms with Crippen LogP contribution in [0.15, 0.2) is 0 Å². The van der Waals surface area contributed by atoms with Crippen LogP contribution in [-0.2, 0) is 0 Å². The normalized spacial score (nSPS) is 14.8. The summed E-state index contributed by atoms with van der Waals surface area (Å²) >= 11 is 0. The van der Waals surface area contributed by atoms with Gasteiger partial charge in [-0.3, -0.25) is 0 Å². The number of nitrogens with one attached hydrogen (secondary N) is 1. The highest BCUT2D eigenvalue weighted by molar-refractivity contribution is 4.75. The predicted octanol–water partition coefficient (Wildman–Crippen LogP) is 3.84. The molecule has 0 aromatic heterocycles. The third-order valence-corrected chi connectivity index (χ3v) is 3.04. The summed E-state index contributed by atoms with van der Waals surface area (Å²) < 4.78 is 0. The van der Waals surface area contributed by atoms with Gasteiger partial charge < -0.3 is 5.32 Å². The van der Waals surface area contributed by atoms with E-state index in [0.717, 1.165) is 5.92 Å². The SMILES string of the molecule is CCC(CC)CC(CC(C)(C)C)NC. The molecule has 0 aliphatic carbocycles. The van der Waals surface area contributed by atoms with Crippen LogP contribution in [0, 0.1) is 11.3 Å². The van der Waals surface area contributed by atoms with Gasteiger partial charge in [0.15, 0.2) is 0 Å². The molecule has 0 amide bonds. The first-order chi connectivity index (χ1) is 6.42. The van der Waals surface area contributed by atoms with Crippen LogP contribution in [0.3, 0.4) is 0 Å². The van der Waals surface area contributed by atoms with E-state index in [2.05, 4.69) is 47.0 Å². The molecular formula is C13H29N. The van der Waals surface area contributed by atoms with Gasteiger partial charge in [0.25, 0.3) is 0 Å². The Labute approximate surface area is 90.7 Å². The van der Waals surface area contributed by atoms with Gasteiger partial charge in [-0.1, -0.05) is 47.5 Å². The van der Waals surface area contributed by atoms with Crippen LogP contribution in [0.2, 0.25) is 0 Å². The molecular weight excluding hydrogens is 170 g/mol. The Kier molecular flexibility index (Phi) is 6.43. The fourth-order valence-electron chi connectivity index (χ4n) is 2.07. The van der Waals surface area contributed by atoms with E-state index in [9.17, 15) is 0 Å². The van der Waals surface area contributed by atoms with Crippen molar-refractivity contribution in [3.05, 3.63) is 0 Å². The average molecular weight is 199 g/mol. The Hall–Kier alpha value is -0.0400. The standard InChI is InChI=1S/C13H29N/c1-7-11(8-2)9-12(14-6)10-13(3,4)5/h11-12,14H,7-10H2,1-6H3. The maximum absolute atomic E-state index is 3.46. The topological polar surface area (TPSA) is 12.0 Å². The molecule has 0 radical (unpaired) electrons. The molecule has 1 heteroatoms. The summed E-state index contributed by atoms with van der Waals surface area (Å²) in [5, 5.41) is 3.46. The van der Waals surface area contributed by atoms with Gasteiger partial charge in [0.1, 0.15) is 0 Å². The van der Waals surface area contributed by atoms with Gasteiger partial charge in [0.05, 0.1) is 0 Å². The van der Waals surface area contributed by atoms with Crippen LogP contribution >= 0.6 is 0 Å². The minimum atomic E-state index is 0.444. The average Bonchev–Trinajstić information content (AvgIpc) is 2.10. The van der Waals surface area contributed by atoms with E-state index in [1.165, 1.54) is 25.7 Å². The minimum Gasteiger partial charge on any atom is -0.317 e. The van der Waals surface area contributed by atoms with E-state index >= 15 is 0 Å². The summed E-state index contributed by atoms with van der Waals surface area (Å²) in [6.07, 6.45) is 5.25. The lowest BCUT2D eigenvalue weighted by Gasteiger charge is -2.28. The Bertz CT molecular complexity index is 131. The van der Waals surface area contributed by atoms with E-state index in [1.807, 2.05) is 0 Å². The summed E-state index contributed by atoms with van der Waals surface area (Å²) in [7, 11) is 2.10. The van der Waals surface area contributed by atoms with Gasteiger partial charge >= 0.3 is 0 Å². The van der Waals surface area contributed by atoms with E-state index in [-0.39, 0.29) is 0 Å². The molecule has 14 heavy (non-hydrogen) atoms. The molecule has 1 nitrogen and oxygen atoms in total. The van der Waals surface area contributed by atoms with Crippen molar-refractivity contribution in [2.75, 3.05) is 7.05 Å². The monoisotopic (exact) mass is 199 g/mol. The van der Waals surface area contributed by atoms with Crippen molar-refractivity contribution in [3.63, 3.8) is 0 Å². The van der Waals surface area contributed by atoms with Crippen molar-refractivity contribution in [3.8, 4) is 0 Å². The Morgan fingerprint density at radius 1 is 1.07 bits per heavy atom. The molecule has 1 atom stereocenters. The van der Waals surface area contributed by atoms with Crippen molar-refractivity contribution in [2.45, 2.75) is 66.3 Å². The maximum Gasteiger partial charge on any atom is 0.00716 e. The largest absolute Gasteiger partial charge is 0.317 e. The molecule has 0 saturated carbocycles. The predicted molar refractivity (Wildman–Crippen MR) is 65.6 cm³/mol. The highest BCUT2D eigenvalue weighted by atomic mass is 14.9. The molecule has 0 aromatic rings. The molecule has 0 bridgehead atoms. The third kappa shape index (κ3) is 6.42. The Morgan fingerprint density at radius 2 is 1.57 bits per heavy atom. The molecule has 0 heterocycles. The second-order valence-corrected chi connectivity index (χ2v) is 5.67. The van der Waals surface area contributed by atoms with Crippen molar-refractivity contribution in [1.29, 1.82) is 0 Å². The fourth-order valence-corrected chi connectivity index (χ4v) is 2.07. The van der Waals surface area contributed by atoms with Gasteiger partial charge in [-0.2, -0.15) is 0 Å². The lowest BCUT2D eigenvalue weighted by molar-refractivity contribution is 0.275. The van der Waals surface area contributed by atoms with E-state index in [4.69, 9.17) is 0 Å². The molecule has 0 fully saturated rings. The molecule has 0 aliphatic heterocycles. The van der Waals surface area contributed by atoms with Crippen molar-refractivity contribution in [1.82, 2.24) is 5.32 Å². The van der Waals surface area contributed by atoms with Crippen molar-refractivity contribution in [2.24, 2.45) is 11.3 Å². The lowest BCUT2D eigenvalue weighted by Crippen LogP contribution is -2.31. The number of hydrogen-bond donors (Lipinski definition) is 1. The molecule has 1 unspecified atom stereocenters. The first-order valence-electron chi connectivity index (χ1n) is 6.10. The van der Waals surface area contributed by atoms with Crippen molar-refractivity contribution >= 4 is 0 Å². The van der Waals surface area contributed by atoms with E-state index in [1.54, 1.807) is 0 Å². The highest BCUT2D eigenvalue weighted by Gasteiger charge is 2.19. The van der Waals surface area contributed by atoms with Gasteiger partial charge in [-0.25, -0.2) is 0 Å². The number of hydrogen-bond acceptors (Lipinski definition) is 1. The third-order valence-electron chi connectivity index (χ3n) is 3.04. The molecule has 1 N–H and O–H groups in total. The molecule has 86 valence electrons. The van der Waals surface area contributed by atoms with Crippen molar-refractivity contribution < 1.29 is 0 Å². The summed E-state index contributed by atoms with van der Waals surface area (Å²) in [5.74, 6) is 0.898. The molecule has 0 aromatic carbocycles. The number of rotatable bonds is 6. The summed E-state index contributed by atoms with van der Waals surface area (Å²) in [5.41, 5.74) is 0.444. The maximum atomic E-state index is 3.46. The Balaban J connectivity index is 4.01. The van der Waals surface area contributed by atoms with Crippen LogP contribution in [0.4, 0.5) is 0 Å². The van der Waals surface area contributed by atoms with Crippen LogP contribution < -0.4 is 5.32 Å². The van der Waals surface area contributed by atoms with Gasteiger partial charge in [-0.05, 0) is 31.2 Å².